The highest BCUT2D eigenvalue weighted by molar-refractivity contribution is 5.98. The molecule has 0 unspecified atom stereocenters. The summed E-state index contributed by atoms with van der Waals surface area (Å²) in [4.78, 5) is 165. The van der Waals surface area contributed by atoms with E-state index in [0.717, 1.165) is 27.2 Å². The van der Waals surface area contributed by atoms with Crippen molar-refractivity contribution >= 4 is 65.0 Å². The molecule has 1 aliphatic carbocycles. The Balaban J connectivity index is 1.87. The molecule has 0 bridgehead atoms. The first kappa shape index (κ1) is 82.7. The zero-order valence-corrected chi connectivity index (χ0v) is 61.6. The molecule has 3 rings (SSSR count). The molecule has 2 aromatic carbocycles. The summed E-state index contributed by atoms with van der Waals surface area (Å²) in [6, 6.07) is 7.74. The molecule has 22 heteroatoms. The number of hydrogen-bond donors (Lipinski definition) is 3. The van der Waals surface area contributed by atoms with Crippen LogP contribution in [0.3, 0.4) is 0 Å². The number of nitrogens with one attached hydrogen (secondary N) is 2. The molecule has 0 radical (unpaired) electrons. The average molecular weight is 1340 g/mol. The molecule has 96 heavy (non-hydrogen) atoms. The largest absolute Gasteiger partial charge is 0.465 e. The van der Waals surface area contributed by atoms with Gasteiger partial charge in [0.15, 0.2) is 5.78 Å². The summed E-state index contributed by atoms with van der Waals surface area (Å²) < 4.78 is 11.8. The van der Waals surface area contributed by atoms with Crippen molar-refractivity contribution in [2.24, 2.45) is 47.3 Å². The number of carbonyl (C=O) groups excluding carboxylic acids is 11. The second-order valence-corrected chi connectivity index (χ2v) is 28.4. The van der Waals surface area contributed by atoms with Gasteiger partial charge in [-0.15, -0.1) is 0 Å². The summed E-state index contributed by atoms with van der Waals surface area (Å²) >= 11 is 0. The summed E-state index contributed by atoms with van der Waals surface area (Å²) in [5.41, 5.74) is 4.31. The van der Waals surface area contributed by atoms with Crippen molar-refractivity contribution in [1.82, 2.24) is 40.0 Å². The summed E-state index contributed by atoms with van der Waals surface area (Å²) in [6.07, 6.45) is 2.99. The van der Waals surface area contributed by atoms with Crippen LogP contribution in [0.1, 0.15) is 173 Å². The highest BCUT2D eigenvalue weighted by Gasteiger charge is 2.47. The monoisotopic (exact) mass is 1340 g/mol. The van der Waals surface area contributed by atoms with Crippen LogP contribution < -0.4 is 10.6 Å². The molecular formula is C74H116N8O14. The van der Waals surface area contributed by atoms with Gasteiger partial charge in [-0.25, -0.2) is 0 Å². The predicted octanol–water partition coefficient (Wildman–Crippen LogP) is 7.91. The van der Waals surface area contributed by atoms with Gasteiger partial charge < -0.3 is 54.6 Å². The van der Waals surface area contributed by atoms with Crippen LogP contribution in [0.25, 0.3) is 11.1 Å². The van der Waals surface area contributed by atoms with Gasteiger partial charge >= 0.3 is 11.9 Å². The van der Waals surface area contributed by atoms with Crippen LogP contribution >= 0.6 is 0 Å². The van der Waals surface area contributed by atoms with Gasteiger partial charge in [0.25, 0.3) is 0 Å². The number of amides is 8. The van der Waals surface area contributed by atoms with E-state index in [-0.39, 0.29) is 93.7 Å². The molecule has 2 aromatic rings. The Morgan fingerprint density at radius 2 is 1.04 bits per heavy atom. The Bertz CT molecular complexity index is 2970. The fourth-order valence-electron chi connectivity index (χ4n) is 12.8. The molecule has 0 heterocycles. The maximum atomic E-state index is 15.2. The molecule has 0 aliphatic heterocycles. The number of hydrogen-bond acceptors (Lipinski definition) is 14. The standard InChI is InChI=1S/C74H116N8O14/c1-23-25-30-48(13)66(96-51(16)84)65(68(88)76-58(24-2)71(91)77(17)35-36-83)82(22)74(94)64(47(11)12)81(21)73(93)61(39-45(7)8)80(20)72(92)60(38-44(5)6)79(19)69(89)50(15)75-67(87)49(14)40-62(85)59(37-43(3)4)78(18)70(90)56(46(9)10)41-63(86)95-42-57-54-33-28-26-31-52(54)53-32-27-29-34-55(53)57/h23,25-29,31-34,43-50,56-61,64-66,83H,24,30,35-42H2,1-22H3,(H,75,87)(H,76,88)/b25-23+/t48-,49-,50-,56+,58+,59+,60+,61+,64+,65+,66-/m1/s1. The van der Waals surface area contributed by atoms with Crippen molar-refractivity contribution in [2.75, 3.05) is 62.0 Å². The molecule has 1 aliphatic rings. The van der Waals surface area contributed by atoms with Gasteiger partial charge in [-0.3, -0.25) is 52.7 Å². The van der Waals surface area contributed by atoms with Crippen LogP contribution in [-0.2, 0) is 62.2 Å². The van der Waals surface area contributed by atoms with Gasteiger partial charge in [0, 0.05) is 74.0 Å². The smallest absolute Gasteiger partial charge is 0.306 e. The topological polar surface area (TPSA) is 270 Å². The van der Waals surface area contributed by atoms with Crippen molar-refractivity contribution in [1.29, 1.82) is 0 Å². The number of allylic oxidation sites excluding steroid dienone is 2. The number of carbonyl (C=O) groups is 11. The molecule has 0 aromatic heterocycles. The molecule has 536 valence electrons. The number of ketones is 1. The lowest BCUT2D eigenvalue weighted by molar-refractivity contribution is -0.164. The van der Waals surface area contributed by atoms with Gasteiger partial charge in [-0.2, -0.15) is 0 Å². The van der Waals surface area contributed by atoms with E-state index in [9.17, 15) is 43.5 Å². The highest BCUT2D eigenvalue weighted by Crippen LogP contribution is 2.45. The highest BCUT2D eigenvalue weighted by atomic mass is 16.5. The van der Waals surface area contributed by atoms with E-state index in [4.69, 9.17) is 9.47 Å². The number of aliphatic hydroxyl groups is 1. The molecule has 8 amide bonds. The minimum atomic E-state index is -1.51. The molecule has 3 N–H and O–H groups in total. The molecule has 0 saturated carbocycles. The Morgan fingerprint density at radius 3 is 1.51 bits per heavy atom. The van der Waals surface area contributed by atoms with E-state index < -0.39 is 131 Å². The van der Waals surface area contributed by atoms with Gasteiger partial charge in [0.05, 0.1) is 25.0 Å². The van der Waals surface area contributed by atoms with Crippen LogP contribution in [0.2, 0.25) is 0 Å². The first-order valence-electron chi connectivity index (χ1n) is 34.3. The van der Waals surface area contributed by atoms with E-state index in [1.165, 1.54) is 73.6 Å². The molecule has 22 nitrogen and oxygen atoms in total. The second kappa shape index (κ2) is 38.5. The first-order chi connectivity index (χ1) is 44.9. The molecule has 0 saturated heterocycles. The number of rotatable bonds is 38. The van der Waals surface area contributed by atoms with Crippen molar-refractivity contribution in [2.45, 2.75) is 210 Å². The SMILES string of the molecule is C/C=C/C[C@@H](C)[C@@H](OC(C)=O)[C@@H](C(=O)N[C@@H](CC)C(=O)N(C)CCO)N(C)C(=O)[C@H](C(C)C)N(C)C(=O)[C@H](CC(C)C)N(C)C(=O)[C@H](CC(C)C)N(C)C(=O)[C@@H](C)NC(=O)[C@H](C)CC(=O)[C@H](CC(C)C)N(C)C(=O)[C@@H](CC(=O)OCC1c2ccccc2-c2ccccc21)C(C)C. The number of Topliss-reactive ketones (excluding diaryl/α,β-unsaturated/α-hetero) is 1. The number of nitrogens with zero attached hydrogens (tertiary/aromatic N) is 6. The third-order valence-corrected chi connectivity index (χ3v) is 18.5. The first-order valence-corrected chi connectivity index (χ1v) is 34.3. The lowest BCUT2D eigenvalue weighted by atomic mass is 9.88. The van der Waals surface area contributed by atoms with Crippen molar-refractivity contribution in [3.05, 3.63) is 71.8 Å². The Labute approximate surface area is 572 Å². The van der Waals surface area contributed by atoms with Gasteiger partial charge in [-0.05, 0) is 104 Å². The fraction of sp³-hybridized carbons (Fsp3) is 0.662. The predicted molar refractivity (Wildman–Crippen MR) is 371 cm³/mol. The number of fused-ring (bicyclic) bond motifs is 3. The summed E-state index contributed by atoms with van der Waals surface area (Å²) in [5.74, 6) is -10.1. The molecular weight excluding hydrogens is 1220 g/mol. The zero-order chi connectivity index (χ0) is 72.9. The van der Waals surface area contributed by atoms with Gasteiger partial charge in [-0.1, -0.05) is 151 Å². The van der Waals surface area contributed by atoms with Gasteiger partial charge in [0.2, 0.25) is 47.3 Å². The number of likely N-dealkylation sites (N-methyl/N-ethyl adjacent to an activating group) is 6. The lowest BCUT2D eigenvalue weighted by Gasteiger charge is -2.42. The molecule has 11 atom stereocenters. The quantitative estimate of drug-likeness (QED) is 0.0426. The van der Waals surface area contributed by atoms with Crippen LogP contribution in [-0.4, -0.2) is 210 Å². The fourth-order valence-corrected chi connectivity index (χ4v) is 12.8. The van der Waals surface area contributed by atoms with Crippen molar-refractivity contribution in [3.8, 4) is 11.1 Å². The molecule has 0 fully saturated rings. The summed E-state index contributed by atoms with van der Waals surface area (Å²) in [7, 11) is 8.78. The Morgan fingerprint density at radius 1 is 0.562 bits per heavy atom. The summed E-state index contributed by atoms with van der Waals surface area (Å²) in [6.45, 7) is 27.8. The Kier molecular flexibility index (Phi) is 33.1. The number of benzene rings is 2. The second-order valence-electron chi connectivity index (χ2n) is 28.4. The minimum absolute atomic E-state index is 0.000972. The third kappa shape index (κ3) is 22.3. The van der Waals surface area contributed by atoms with Crippen LogP contribution in [0.4, 0.5) is 0 Å². The van der Waals surface area contributed by atoms with E-state index in [2.05, 4.69) is 22.8 Å². The van der Waals surface area contributed by atoms with Crippen LogP contribution in [0, 0.1) is 47.3 Å². The van der Waals surface area contributed by atoms with E-state index in [1.807, 2.05) is 105 Å². The van der Waals surface area contributed by atoms with E-state index >= 15 is 14.4 Å². The Hall–Kier alpha value is -7.49. The lowest BCUT2D eigenvalue weighted by Crippen LogP contribution is -2.64. The average Bonchev–Trinajstić information content (AvgIpc) is 1.59. The van der Waals surface area contributed by atoms with Crippen molar-refractivity contribution < 1.29 is 67.3 Å². The number of aliphatic hydroxyl groups excluding tert-OH is 1. The summed E-state index contributed by atoms with van der Waals surface area (Å²) in [5, 5.41) is 15.1. The van der Waals surface area contributed by atoms with Crippen LogP contribution in [0.15, 0.2) is 60.7 Å². The maximum absolute atomic E-state index is 15.2. The van der Waals surface area contributed by atoms with E-state index in [0.29, 0.717) is 6.42 Å². The normalized spacial score (nSPS) is 15.6. The van der Waals surface area contributed by atoms with Crippen LogP contribution in [0.5, 0.6) is 0 Å². The number of esters is 2. The molecule has 0 spiro atoms. The zero-order valence-electron chi connectivity index (χ0n) is 61.6. The van der Waals surface area contributed by atoms with Gasteiger partial charge in [0.1, 0.15) is 49.0 Å². The maximum Gasteiger partial charge on any atom is 0.306 e. The third-order valence-electron chi connectivity index (χ3n) is 18.5. The van der Waals surface area contributed by atoms with Crippen molar-refractivity contribution in [3.63, 3.8) is 0 Å². The minimum Gasteiger partial charge on any atom is -0.465 e. The number of ether oxygens (including phenoxy) is 2. The van der Waals surface area contributed by atoms with E-state index in [1.54, 1.807) is 47.7 Å².